The molecule has 1 saturated carbocycles. The molecule has 2 N–H and O–H groups in total. The van der Waals surface area contributed by atoms with Gasteiger partial charge in [0, 0.05) is 16.9 Å². The van der Waals surface area contributed by atoms with Crippen LogP contribution in [-0.4, -0.2) is 30.9 Å². The minimum atomic E-state index is -0.581. The lowest BCUT2D eigenvalue weighted by Crippen LogP contribution is -2.41. The van der Waals surface area contributed by atoms with E-state index < -0.39 is 5.60 Å². The largest absolute Gasteiger partial charge is 0.497 e. The molecule has 1 aromatic rings. The third-order valence-corrected chi connectivity index (χ3v) is 4.87. The number of aliphatic hydroxyl groups is 1. The predicted octanol–water partition coefficient (Wildman–Crippen LogP) is 2.89. The van der Waals surface area contributed by atoms with E-state index in [0.717, 1.165) is 41.5 Å². The molecule has 0 atom stereocenters. The summed E-state index contributed by atoms with van der Waals surface area (Å²) in [7, 11) is 3.66. The molecule has 1 aromatic carbocycles. The molecule has 3 nitrogen and oxygen atoms in total. The maximum atomic E-state index is 10.7. The molecule has 1 fully saturated rings. The fourth-order valence-electron chi connectivity index (χ4n) is 2.79. The van der Waals surface area contributed by atoms with Crippen LogP contribution in [0.15, 0.2) is 22.7 Å². The third kappa shape index (κ3) is 3.71. The summed E-state index contributed by atoms with van der Waals surface area (Å²) in [5.74, 6) is 0.839. The summed E-state index contributed by atoms with van der Waals surface area (Å²) >= 11 is 3.56. The molecule has 0 heterocycles. The molecule has 1 aliphatic rings. The lowest BCUT2D eigenvalue weighted by Gasteiger charge is -2.36. The van der Waals surface area contributed by atoms with E-state index in [4.69, 9.17) is 4.74 Å². The van der Waals surface area contributed by atoms with E-state index in [2.05, 4.69) is 21.2 Å². The van der Waals surface area contributed by atoms with E-state index in [0.29, 0.717) is 12.5 Å². The minimum absolute atomic E-state index is 0.550. The zero-order valence-corrected chi connectivity index (χ0v) is 13.2. The number of hydrogen-bond acceptors (Lipinski definition) is 3. The number of nitrogens with one attached hydrogen (secondary N) is 1. The Hall–Kier alpha value is -0.580. The molecule has 0 spiro atoms. The second-order valence-electron chi connectivity index (χ2n) is 5.42. The van der Waals surface area contributed by atoms with Crippen LogP contribution in [0.25, 0.3) is 0 Å². The van der Waals surface area contributed by atoms with Crippen LogP contribution in [0.5, 0.6) is 5.75 Å². The van der Waals surface area contributed by atoms with Gasteiger partial charge in [-0.1, -0.05) is 15.9 Å². The molecule has 0 amide bonds. The van der Waals surface area contributed by atoms with E-state index in [1.54, 1.807) is 7.11 Å². The Labute approximate surface area is 123 Å². The second-order valence-corrected chi connectivity index (χ2v) is 6.28. The first-order valence-corrected chi connectivity index (χ1v) is 7.58. The highest BCUT2D eigenvalue weighted by atomic mass is 79.9. The normalized spacial score (nSPS) is 27.3. The van der Waals surface area contributed by atoms with Crippen LogP contribution in [-0.2, 0) is 6.42 Å². The second kappa shape index (κ2) is 6.25. The highest BCUT2D eigenvalue weighted by Gasteiger charge is 2.33. The average Bonchev–Trinajstić information content (AvgIpc) is 2.42. The van der Waals surface area contributed by atoms with Crippen LogP contribution in [0, 0.1) is 0 Å². The fourth-order valence-corrected chi connectivity index (χ4v) is 3.18. The quantitative estimate of drug-likeness (QED) is 0.893. The van der Waals surface area contributed by atoms with Gasteiger partial charge < -0.3 is 15.2 Å². The summed E-state index contributed by atoms with van der Waals surface area (Å²) in [5.41, 5.74) is 0.534. The van der Waals surface area contributed by atoms with Crippen molar-refractivity contribution in [3.8, 4) is 5.75 Å². The fraction of sp³-hybridized carbons (Fsp3) is 0.600. The van der Waals surface area contributed by atoms with Gasteiger partial charge in [-0.05, 0) is 56.5 Å². The monoisotopic (exact) mass is 327 g/mol. The van der Waals surface area contributed by atoms with Gasteiger partial charge in [-0.25, -0.2) is 0 Å². The van der Waals surface area contributed by atoms with Crippen molar-refractivity contribution in [1.29, 1.82) is 0 Å². The van der Waals surface area contributed by atoms with Crippen molar-refractivity contribution in [2.24, 2.45) is 0 Å². The number of rotatable bonds is 4. The first-order chi connectivity index (χ1) is 9.06. The highest BCUT2D eigenvalue weighted by molar-refractivity contribution is 9.10. The minimum Gasteiger partial charge on any atom is -0.497 e. The number of hydrogen-bond donors (Lipinski definition) is 2. The van der Waals surface area contributed by atoms with Crippen LogP contribution in [0.4, 0.5) is 0 Å². The summed E-state index contributed by atoms with van der Waals surface area (Å²) in [6.07, 6.45) is 4.45. The van der Waals surface area contributed by atoms with Crippen LogP contribution >= 0.6 is 15.9 Å². The zero-order chi connectivity index (χ0) is 13.9. The Bertz CT molecular complexity index is 428. The Morgan fingerprint density at radius 1 is 1.42 bits per heavy atom. The van der Waals surface area contributed by atoms with Gasteiger partial charge in [0.1, 0.15) is 5.75 Å². The van der Waals surface area contributed by atoms with Gasteiger partial charge in [-0.3, -0.25) is 0 Å². The van der Waals surface area contributed by atoms with Crippen LogP contribution in [0.1, 0.15) is 31.2 Å². The molecule has 0 aromatic heterocycles. The molecule has 0 aliphatic heterocycles. The van der Waals surface area contributed by atoms with Gasteiger partial charge in [0.2, 0.25) is 0 Å². The first kappa shape index (κ1) is 14.8. The molecule has 0 radical (unpaired) electrons. The first-order valence-electron chi connectivity index (χ1n) is 6.78. The Morgan fingerprint density at radius 3 is 2.68 bits per heavy atom. The van der Waals surface area contributed by atoms with Crippen molar-refractivity contribution in [2.45, 2.75) is 43.7 Å². The standard InChI is InChI=1S/C15H22BrNO2/c1-17-12-5-7-15(18,8-6-12)10-11-9-13(19-2)3-4-14(11)16/h3-4,9,12,17-18H,5-8,10H2,1-2H3. The summed E-state index contributed by atoms with van der Waals surface area (Å²) in [5, 5.41) is 14.0. The Balaban J connectivity index is 2.08. The topological polar surface area (TPSA) is 41.5 Å². The Morgan fingerprint density at radius 2 is 2.11 bits per heavy atom. The molecule has 1 aliphatic carbocycles. The van der Waals surface area contributed by atoms with Crippen molar-refractivity contribution < 1.29 is 9.84 Å². The maximum absolute atomic E-state index is 10.7. The third-order valence-electron chi connectivity index (χ3n) is 4.10. The number of ether oxygens (including phenoxy) is 1. The number of benzene rings is 1. The number of methoxy groups -OCH3 is 1. The van der Waals surface area contributed by atoms with Crippen molar-refractivity contribution in [3.05, 3.63) is 28.2 Å². The molecule has 4 heteroatoms. The van der Waals surface area contributed by atoms with Gasteiger partial charge in [-0.15, -0.1) is 0 Å². The predicted molar refractivity (Wildman–Crippen MR) is 80.7 cm³/mol. The van der Waals surface area contributed by atoms with Gasteiger partial charge in [0.05, 0.1) is 12.7 Å². The molecule has 2 rings (SSSR count). The van der Waals surface area contributed by atoms with Crippen molar-refractivity contribution >= 4 is 15.9 Å². The van der Waals surface area contributed by atoms with Crippen LogP contribution < -0.4 is 10.1 Å². The molecular weight excluding hydrogens is 306 g/mol. The van der Waals surface area contributed by atoms with E-state index in [1.807, 2.05) is 25.2 Å². The maximum Gasteiger partial charge on any atom is 0.119 e. The molecule has 0 saturated heterocycles. The van der Waals surface area contributed by atoms with Gasteiger partial charge in [0.25, 0.3) is 0 Å². The van der Waals surface area contributed by atoms with Crippen molar-refractivity contribution in [3.63, 3.8) is 0 Å². The summed E-state index contributed by atoms with van der Waals surface area (Å²) in [6, 6.07) is 6.47. The molecule has 0 unspecified atom stereocenters. The summed E-state index contributed by atoms with van der Waals surface area (Å²) in [4.78, 5) is 0. The lowest BCUT2D eigenvalue weighted by molar-refractivity contribution is -0.00258. The SMILES string of the molecule is CNC1CCC(O)(Cc2cc(OC)ccc2Br)CC1. The van der Waals surface area contributed by atoms with Crippen molar-refractivity contribution in [1.82, 2.24) is 5.32 Å². The summed E-state index contributed by atoms with van der Waals surface area (Å²) < 4.78 is 6.29. The highest BCUT2D eigenvalue weighted by Crippen LogP contribution is 2.34. The number of halogens is 1. The lowest BCUT2D eigenvalue weighted by atomic mass is 9.78. The Kier molecular flexibility index (Phi) is 4.87. The van der Waals surface area contributed by atoms with Gasteiger partial charge >= 0.3 is 0 Å². The van der Waals surface area contributed by atoms with Gasteiger partial charge in [0.15, 0.2) is 0 Å². The molecule has 106 valence electrons. The molecule has 19 heavy (non-hydrogen) atoms. The van der Waals surface area contributed by atoms with E-state index >= 15 is 0 Å². The van der Waals surface area contributed by atoms with Crippen LogP contribution in [0.3, 0.4) is 0 Å². The zero-order valence-electron chi connectivity index (χ0n) is 11.6. The van der Waals surface area contributed by atoms with Gasteiger partial charge in [-0.2, -0.15) is 0 Å². The van der Waals surface area contributed by atoms with E-state index in [1.165, 1.54) is 0 Å². The van der Waals surface area contributed by atoms with Crippen molar-refractivity contribution in [2.75, 3.05) is 14.2 Å². The average molecular weight is 328 g/mol. The molecule has 0 bridgehead atoms. The van der Waals surface area contributed by atoms with E-state index in [-0.39, 0.29) is 0 Å². The molecular formula is C15H22BrNO2. The smallest absolute Gasteiger partial charge is 0.119 e. The summed E-state index contributed by atoms with van der Waals surface area (Å²) in [6.45, 7) is 0. The van der Waals surface area contributed by atoms with E-state index in [9.17, 15) is 5.11 Å². The van der Waals surface area contributed by atoms with Crippen LogP contribution in [0.2, 0.25) is 0 Å².